The van der Waals surface area contributed by atoms with Crippen LogP contribution in [-0.4, -0.2) is 0 Å². The Morgan fingerprint density at radius 1 is 1.29 bits per heavy atom. The third-order valence-electron chi connectivity index (χ3n) is 2.64. The fourth-order valence-electron chi connectivity index (χ4n) is 1.82. The van der Waals surface area contributed by atoms with Crippen LogP contribution in [0.1, 0.15) is 37.3 Å². The topological polar surface area (TPSA) is 0 Å². The number of thiol groups is 1. The lowest BCUT2D eigenvalue weighted by Gasteiger charge is -2.12. The Balaban J connectivity index is 2.71. The van der Waals surface area contributed by atoms with Crippen LogP contribution >= 0.6 is 24.2 Å². The first-order valence-electron chi connectivity index (χ1n) is 5.89. The molecule has 0 fully saturated rings. The van der Waals surface area contributed by atoms with Crippen molar-refractivity contribution >= 4 is 24.2 Å². The third-order valence-corrected chi connectivity index (χ3v) is 3.05. The quantitative estimate of drug-likeness (QED) is 0.536. The van der Waals surface area contributed by atoms with Crippen molar-refractivity contribution in [3.05, 3.63) is 58.0 Å². The van der Waals surface area contributed by atoms with Gasteiger partial charge in [-0.1, -0.05) is 49.7 Å². The predicted octanol–water partition coefficient (Wildman–Crippen LogP) is 5.40. The Labute approximate surface area is 115 Å². The van der Waals surface area contributed by atoms with Gasteiger partial charge in [0, 0.05) is 5.02 Å². The molecule has 0 amide bonds. The summed E-state index contributed by atoms with van der Waals surface area (Å²) in [6, 6.07) is 6.19. The van der Waals surface area contributed by atoms with Gasteiger partial charge in [-0.05, 0) is 47.4 Å². The zero-order valence-electron chi connectivity index (χ0n) is 10.4. The summed E-state index contributed by atoms with van der Waals surface area (Å²) in [5, 5.41) is 2.55. The summed E-state index contributed by atoms with van der Waals surface area (Å²) >= 11 is 10.0. The summed E-state index contributed by atoms with van der Waals surface area (Å²) in [7, 11) is 0. The number of benzene rings is 1. The monoisotopic (exact) mass is 266 g/mol. The van der Waals surface area contributed by atoms with Crippen molar-refractivity contribution in [2.75, 3.05) is 0 Å². The second-order valence-corrected chi connectivity index (χ2v) is 5.04. The third kappa shape index (κ3) is 5.01. The Morgan fingerprint density at radius 2 is 2.06 bits per heavy atom. The molecule has 0 nitrogen and oxygen atoms in total. The van der Waals surface area contributed by atoms with E-state index >= 15 is 0 Å². The number of aryl methyl sites for hydroxylation is 1. The van der Waals surface area contributed by atoms with Crippen molar-refractivity contribution < 1.29 is 0 Å². The highest BCUT2D eigenvalue weighted by molar-refractivity contribution is 7.83. The van der Waals surface area contributed by atoms with Crippen molar-refractivity contribution in [3.63, 3.8) is 0 Å². The normalized spacial score (nSPS) is 12.1. The maximum absolute atomic E-state index is 6.04. The largest absolute Gasteiger partial charge is 0.151 e. The van der Waals surface area contributed by atoms with Crippen LogP contribution in [0, 0.1) is 0 Å². The van der Waals surface area contributed by atoms with E-state index in [0.29, 0.717) is 5.92 Å². The summed E-state index contributed by atoms with van der Waals surface area (Å²) in [6.45, 7) is 4.43. The van der Waals surface area contributed by atoms with E-state index in [1.54, 1.807) is 5.41 Å². The molecule has 17 heavy (non-hydrogen) atoms. The van der Waals surface area contributed by atoms with Crippen molar-refractivity contribution in [3.8, 4) is 0 Å². The predicted molar refractivity (Wildman–Crippen MR) is 81.1 cm³/mol. The molecular weight excluding hydrogens is 248 g/mol. The van der Waals surface area contributed by atoms with Crippen molar-refractivity contribution in [2.45, 2.75) is 32.6 Å². The first-order chi connectivity index (χ1) is 8.15. The van der Waals surface area contributed by atoms with E-state index in [0.717, 1.165) is 17.9 Å². The second-order valence-electron chi connectivity index (χ2n) is 4.31. The molecule has 2 heteroatoms. The van der Waals surface area contributed by atoms with E-state index in [1.807, 2.05) is 18.2 Å². The zero-order chi connectivity index (χ0) is 12.7. The van der Waals surface area contributed by atoms with Crippen LogP contribution in [0.15, 0.2) is 41.8 Å². The molecule has 0 saturated carbocycles. The van der Waals surface area contributed by atoms with Crippen LogP contribution < -0.4 is 0 Å². The highest BCUT2D eigenvalue weighted by atomic mass is 35.5. The molecule has 0 saturated heterocycles. The smallest absolute Gasteiger partial charge is 0.0408 e. The molecule has 0 heterocycles. The molecule has 0 bridgehead atoms. The first-order valence-corrected chi connectivity index (χ1v) is 6.78. The highest BCUT2D eigenvalue weighted by Gasteiger charge is 2.06. The van der Waals surface area contributed by atoms with Gasteiger partial charge in [-0.15, -0.1) is 0 Å². The zero-order valence-corrected chi connectivity index (χ0v) is 12.0. The molecule has 0 aliphatic heterocycles. The minimum absolute atomic E-state index is 0.545. The van der Waals surface area contributed by atoms with Crippen LogP contribution in [-0.2, 0) is 6.42 Å². The molecule has 0 spiro atoms. The summed E-state index contributed by atoms with van der Waals surface area (Å²) in [6.07, 6.45) is 8.15. The molecule has 0 radical (unpaired) electrons. The van der Waals surface area contributed by atoms with Crippen LogP contribution in [0.4, 0.5) is 0 Å². The van der Waals surface area contributed by atoms with Gasteiger partial charge in [-0.3, -0.25) is 0 Å². The van der Waals surface area contributed by atoms with Gasteiger partial charge in [0.05, 0.1) is 0 Å². The average molecular weight is 267 g/mol. The summed E-state index contributed by atoms with van der Waals surface area (Å²) in [4.78, 5) is 0. The van der Waals surface area contributed by atoms with Gasteiger partial charge in [0.1, 0.15) is 0 Å². The van der Waals surface area contributed by atoms with Gasteiger partial charge in [0.15, 0.2) is 0 Å². The molecule has 92 valence electrons. The van der Waals surface area contributed by atoms with Gasteiger partial charge >= 0.3 is 0 Å². The maximum atomic E-state index is 6.04. The Morgan fingerprint density at radius 3 is 2.71 bits per heavy atom. The minimum Gasteiger partial charge on any atom is -0.151 e. The summed E-state index contributed by atoms with van der Waals surface area (Å²) in [5.74, 6) is 0.545. The fourth-order valence-corrected chi connectivity index (χ4v) is 2.11. The first kappa shape index (κ1) is 14.4. The number of hydrogen-bond acceptors (Lipinski definition) is 1. The van der Waals surface area contributed by atoms with Crippen LogP contribution in [0.3, 0.4) is 0 Å². The molecule has 0 atom stereocenters. The van der Waals surface area contributed by atoms with E-state index in [9.17, 15) is 0 Å². The number of halogens is 1. The molecule has 0 unspecified atom stereocenters. The number of allylic oxidation sites excluding steroid dienone is 3. The van der Waals surface area contributed by atoms with Crippen LogP contribution in [0.25, 0.3) is 0 Å². The van der Waals surface area contributed by atoms with E-state index in [2.05, 4.69) is 44.7 Å². The van der Waals surface area contributed by atoms with E-state index in [-0.39, 0.29) is 0 Å². The molecule has 1 aromatic rings. The average Bonchev–Trinajstić information content (AvgIpc) is 2.28. The van der Waals surface area contributed by atoms with Gasteiger partial charge in [-0.25, -0.2) is 0 Å². The number of rotatable bonds is 5. The van der Waals surface area contributed by atoms with E-state index in [1.165, 1.54) is 11.1 Å². The van der Waals surface area contributed by atoms with Gasteiger partial charge in [0.2, 0.25) is 0 Å². The molecule has 1 rings (SSSR count). The fraction of sp³-hybridized carbons (Fsp3) is 0.333. The van der Waals surface area contributed by atoms with Gasteiger partial charge in [-0.2, -0.15) is 12.6 Å². The standard InChI is InChI=1S/C15H19ClS/c1-12(2)15-9-8-14(16)11-13(15)7-5-3-4-6-10-17/h3-4,6,8-12,17H,5,7H2,1-2H3/b4-3+,10-6-. The van der Waals surface area contributed by atoms with Crippen molar-refractivity contribution in [1.82, 2.24) is 0 Å². The molecule has 0 aliphatic carbocycles. The Hall–Kier alpha value is -0.660. The van der Waals surface area contributed by atoms with Crippen molar-refractivity contribution in [1.29, 1.82) is 0 Å². The lowest BCUT2D eigenvalue weighted by atomic mass is 9.94. The minimum atomic E-state index is 0.545. The summed E-state index contributed by atoms with van der Waals surface area (Å²) in [5.41, 5.74) is 2.75. The molecule has 1 aromatic carbocycles. The number of hydrogen-bond donors (Lipinski definition) is 1. The lowest BCUT2D eigenvalue weighted by molar-refractivity contribution is 0.834. The van der Waals surface area contributed by atoms with E-state index < -0.39 is 0 Å². The van der Waals surface area contributed by atoms with Crippen LogP contribution in [0.2, 0.25) is 5.02 Å². The Bertz CT molecular complexity index is 405. The van der Waals surface area contributed by atoms with Crippen molar-refractivity contribution in [2.24, 2.45) is 0 Å². The van der Waals surface area contributed by atoms with Crippen LogP contribution in [0.5, 0.6) is 0 Å². The SMILES string of the molecule is CC(C)c1ccc(Cl)cc1CC/C=C/C=C\S. The Kier molecular flexibility index (Phi) is 6.46. The van der Waals surface area contributed by atoms with Gasteiger partial charge < -0.3 is 0 Å². The molecule has 0 N–H and O–H groups in total. The molecule has 0 aromatic heterocycles. The molecular formula is C15H19ClS. The maximum Gasteiger partial charge on any atom is 0.0408 e. The second kappa shape index (κ2) is 7.62. The van der Waals surface area contributed by atoms with E-state index in [4.69, 9.17) is 11.6 Å². The van der Waals surface area contributed by atoms with Gasteiger partial charge in [0.25, 0.3) is 0 Å². The summed E-state index contributed by atoms with van der Waals surface area (Å²) < 4.78 is 0. The lowest BCUT2D eigenvalue weighted by Crippen LogP contribution is -1.96. The molecule has 0 aliphatic rings. The highest BCUT2D eigenvalue weighted by Crippen LogP contribution is 2.24.